The van der Waals surface area contributed by atoms with Crippen molar-refractivity contribution >= 4 is 41.6 Å². The molecule has 0 fully saturated rings. The summed E-state index contributed by atoms with van der Waals surface area (Å²) in [6.45, 7) is 2.56. The summed E-state index contributed by atoms with van der Waals surface area (Å²) in [6, 6.07) is 12.7. The van der Waals surface area contributed by atoms with Crippen molar-refractivity contribution < 1.29 is 4.74 Å². The zero-order chi connectivity index (χ0) is 17.8. The van der Waals surface area contributed by atoms with Gasteiger partial charge in [0.1, 0.15) is 5.75 Å². The van der Waals surface area contributed by atoms with Crippen LogP contribution in [0.3, 0.4) is 0 Å². The fourth-order valence-corrected chi connectivity index (χ4v) is 2.82. The van der Waals surface area contributed by atoms with Gasteiger partial charge in [-0.2, -0.15) is 14.9 Å². The lowest BCUT2D eigenvalue weighted by molar-refractivity contribution is 0.340. The normalized spacial score (nSPS) is 11.2. The molecule has 0 saturated heterocycles. The van der Waals surface area contributed by atoms with E-state index in [0.29, 0.717) is 27.2 Å². The second-order valence-corrected chi connectivity index (χ2v) is 6.26. The third-order valence-electron chi connectivity index (χ3n) is 3.35. The van der Waals surface area contributed by atoms with E-state index in [-0.39, 0.29) is 0 Å². The van der Waals surface area contributed by atoms with Crippen molar-refractivity contribution in [3.63, 3.8) is 0 Å². The number of H-pyrrole nitrogens is 1. The Balaban J connectivity index is 1.94. The molecule has 0 saturated carbocycles. The highest BCUT2D eigenvalue weighted by Gasteiger charge is 2.08. The molecule has 0 amide bonds. The summed E-state index contributed by atoms with van der Waals surface area (Å²) >= 11 is 17.3. The van der Waals surface area contributed by atoms with Crippen LogP contribution in [0.1, 0.15) is 12.5 Å². The molecule has 0 spiro atoms. The molecule has 0 aliphatic rings. The summed E-state index contributed by atoms with van der Waals surface area (Å²) in [5, 5.41) is 12.5. The van der Waals surface area contributed by atoms with Crippen LogP contribution in [-0.4, -0.2) is 27.7 Å². The van der Waals surface area contributed by atoms with E-state index in [4.69, 9.17) is 40.2 Å². The van der Waals surface area contributed by atoms with Gasteiger partial charge in [0.2, 0.25) is 4.77 Å². The van der Waals surface area contributed by atoms with Crippen LogP contribution < -0.4 is 4.74 Å². The van der Waals surface area contributed by atoms with Crippen molar-refractivity contribution in [2.45, 2.75) is 6.92 Å². The Kier molecular flexibility index (Phi) is 5.53. The Morgan fingerprint density at radius 2 is 2.00 bits per heavy atom. The predicted molar refractivity (Wildman–Crippen MR) is 103 cm³/mol. The molecule has 0 radical (unpaired) electrons. The smallest absolute Gasteiger partial charge is 0.216 e. The van der Waals surface area contributed by atoms with Crippen molar-refractivity contribution in [3.05, 3.63) is 62.8 Å². The summed E-state index contributed by atoms with van der Waals surface area (Å²) in [5.41, 5.74) is 1.59. The van der Waals surface area contributed by atoms with E-state index in [9.17, 15) is 0 Å². The Labute approximate surface area is 159 Å². The van der Waals surface area contributed by atoms with Crippen LogP contribution in [0, 0.1) is 4.77 Å². The average molecular weight is 393 g/mol. The summed E-state index contributed by atoms with van der Waals surface area (Å²) in [6.07, 6.45) is 1.61. The Morgan fingerprint density at radius 3 is 2.68 bits per heavy atom. The van der Waals surface area contributed by atoms with Gasteiger partial charge in [-0.05, 0) is 55.5 Å². The molecule has 0 aliphatic heterocycles. The van der Waals surface area contributed by atoms with E-state index >= 15 is 0 Å². The van der Waals surface area contributed by atoms with Crippen molar-refractivity contribution in [1.82, 2.24) is 14.9 Å². The van der Waals surface area contributed by atoms with E-state index in [1.807, 2.05) is 31.2 Å². The lowest BCUT2D eigenvalue weighted by atomic mass is 10.2. The molecule has 128 valence electrons. The third kappa shape index (κ3) is 4.10. The summed E-state index contributed by atoms with van der Waals surface area (Å²) in [4.78, 5) is 0. The van der Waals surface area contributed by atoms with E-state index in [2.05, 4.69) is 15.3 Å². The van der Waals surface area contributed by atoms with Crippen LogP contribution in [0.2, 0.25) is 10.0 Å². The van der Waals surface area contributed by atoms with Gasteiger partial charge in [0.25, 0.3) is 0 Å². The summed E-state index contributed by atoms with van der Waals surface area (Å²) in [7, 11) is 0. The first kappa shape index (κ1) is 17.7. The largest absolute Gasteiger partial charge is 0.494 e. The number of benzene rings is 2. The van der Waals surface area contributed by atoms with Gasteiger partial charge in [-0.25, -0.2) is 5.10 Å². The van der Waals surface area contributed by atoms with Gasteiger partial charge in [-0.1, -0.05) is 29.3 Å². The molecular formula is C17H14Cl2N4OS. The average Bonchev–Trinajstić information content (AvgIpc) is 2.96. The monoisotopic (exact) mass is 392 g/mol. The SMILES string of the molecule is CCOc1ccc(-c2n[nH]c(=S)n2/N=C/c2ccc(Cl)cc2Cl)cc1. The molecule has 0 bridgehead atoms. The van der Waals surface area contributed by atoms with Crippen LogP contribution in [0.15, 0.2) is 47.6 Å². The van der Waals surface area contributed by atoms with Crippen LogP contribution in [0.4, 0.5) is 0 Å². The molecule has 0 atom stereocenters. The molecule has 0 aliphatic carbocycles. The van der Waals surface area contributed by atoms with Gasteiger partial charge in [0, 0.05) is 16.1 Å². The number of nitrogens with zero attached hydrogens (tertiary/aromatic N) is 3. The van der Waals surface area contributed by atoms with Crippen LogP contribution in [-0.2, 0) is 0 Å². The highest BCUT2D eigenvalue weighted by Crippen LogP contribution is 2.22. The minimum absolute atomic E-state index is 0.380. The maximum absolute atomic E-state index is 6.17. The number of halogens is 2. The van der Waals surface area contributed by atoms with Crippen LogP contribution in [0.5, 0.6) is 5.75 Å². The van der Waals surface area contributed by atoms with Gasteiger partial charge >= 0.3 is 0 Å². The molecule has 1 aromatic heterocycles. The highest BCUT2D eigenvalue weighted by molar-refractivity contribution is 7.71. The van der Waals surface area contributed by atoms with E-state index < -0.39 is 0 Å². The van der Waals surface area contributed by atoms with Crippen LogP contribution in [0.25, 0.3) is 11.4 Å². The number of aromatic nitrogens is 3. The maximum atomic E-state index is 6.17. The van der Waals surface area contributed by atoms with Gasteiger partial charge in [-0.3, -0.25) is 0 Å². The van der Waals surface area contributed by atoms with Crippen molar-refractivity contribution in [2.75, 3.05) is 6.61 Å². The molecule has 1 heterocycles. The van der Waals surface area contributed by atoms with E-state index in [0.717, 1.165) is 16.9 Å². The Morgan fingerprint density at radius 1 is 1.24 bits per heavy atom. The lowest BCUT2D eigenvalue weighted by Crippen LogP contribution is -1.96. The van der Waals surface area contributed by atoms with E-state index in [1.54, 1.807) is 24.4 Å². The molecular weight excluding hydrogens is 379 g/mol. The summed E-state index contributed by atoms with van der Waals surface area (Å²) < 4.78 is 7.37. The fraction of sp³-hybridized carbons (Fsp3) is 0.118. The topological polar surface area (TPSA) is 55.2 Å². The van der Waals surface area contributed by atoms with E-state index in [1.165, 1.54) is 4.68 Å². The minimum Gasteiger partial charge on any atom is -0.494 e. The number of hydrogen-bond donors (Lipinski definition) is 1. The van der Waals surface area contributed by atoms with Crippen LogP contribution >= 0.6 is 35.4 Å². The van der Waals surface area contributed by atoms with Crippen molar-refractivity contribution in [3.8, 4) is 17.1 Å². The molecule has 3 aromatic rings. The van der Waals surface area contributed by atoms with Crippen molar-refractivity contribution in [1.29, 1.82) is 0 Å². The number of hydrogen-bond acceptors (Lipinski definition) is 4. The molecule has 2 aromatic carbocycles. The zero-order valence-corrected chi connectivity index (χ0v) is 15.6. The third-order valence-corrected chi connectivity index (χ3v) is 4.18. The first-order valence-electron chi connectivity index (χ1n) is 7.48. The van der Waals surface area contributed by atoms with Gasteiger partial charge < -0.3 is 4.74 Å². The van der Waals surface area contributed by atoms with Gasteiger partial charge in [0.05, 0.1) is 17.8 Å². The molecule has 8 heteroatoms. The predicted octanol–water partition coefficient (Wildman–Crippen LogP) is 5.20. The lowest BCUT2D eigenvalue weighted by Gasteiger charge is -2.05. The minimum atomic E-state index is 0.380. The second kappa shape index (κ2) is 7.82. The quantitative estimate of drug-likeness (QED) is 0.479. The Hall–Kier alpha value is -2.15. The molecule has 3 rings (SSSR count). The summed E-state index contributed by atoms with van der Waals surface area (Å²) in [5.74, 6) is 1.39. The number of nitrogens with one attached hydrogen (secondary N) is 1. The molecule has 1 N–H and O–H groups in total. The maximum Gasteiger partial charge on any atom is 0.216 e. The van der Waals surface area contributed by atoms with Gasteiger partial charge in [0.15, 0.2) is 5.82 Å². The fourth-order valence-electron chi connectivity index (χ4n) is 2.18. The Bertz CT molecular complexity index is 964. The highest BCUT2D eigenvalue weighted by atomic mass is 35.5. The zero-order valence-electron chi connectivity index (χ0n) is 13.2. The second-order valence-electron chi connectivity index (χ2n) is 5.03. The number of aromatic amines is 1. The van der Waals surface area contributed by atoms with Gasteiger partial charge in [-0.15, -0.1) is 0 Å². The molecule has 5 nitrogen and oxygen atoms in total. The number of rotatable bonds is 5. The molecule has 0 unspecified atom stereocenters. The first-order valence-corrected chi connectivity index (χ1v) is 8.65. The number of ether oxygens (including phenoxy) is 1. The standard InChI is InChI=1S/C17H14Cl2N4OS/c1-2-24-14-7-4-11(5-8-14)16-21-22-17(25)23(16)20-10-12-3-6-13(18)9-15(12)19/h3-10H,2H2,1H3,(H,22,25)/b20-10+. The molecule has 25 heavy (non-hydrogen) atoms. The first-order chi connectivity index (χ1) is 12.1. The van der Waals surface area contributed by atoms with Crippen molar-refractivity contribution in [2.24, 2.45) is 5.10 Å².